The number of ether oxygens (including phenoxy) is 1. The van der Waals surface area contributed by atoms with Crippen LogP contribution in [0.1, 0.15) is 5.56 Å². The van der Waals surface area contributed by atoms with E-state index in [0.29, 0.717) is 24.5 Å². The van der Waals surface area contributed by atoms with Gasteiger partial charge in [-0.3, -0.25) is 9.59 Å². The highest BCUT2D eigenvalue weighted by molar-refractivity contribution is 5.96. The Morgan fingerprint density at radius 1 is 1.20 bits per heavy atom. The molecule has 0 unspecified atom stereocenters. The van der Waals surface area contributed by atoms with Crippen molar-refractivity contribution in [2.75, 3.05) is 36.5 Å². The molecule has 6 nitrogen and oxygen atoms in total. The highest BCUT2D eigenvalue weighted by Gasteiger charge is 2.19. The van der Waals surface area contributed by atoms with Crippen LogP contribution in [0.2, 0.25) is 0 Å². The van der Waals surface area contributed by atoms with Crippen LogP contribution in [0, 0.1) is 6.92 Å². The number of aryl methyl sites for hydroxylation is 1. The Labute approximate surface area is 146 Å². The van der Waals surface area contributed by atoms with Crippen molar-refractivity contribution < 1.29 is 14.3 Å². The highest BCUT2D eigenvalue weighted by Crippen LogP contribution is 2.26. The Balaban J connectivity index is 1.63. The highest BCUT2D eigenvalue weighted by atomic mass is 16.5. The fourth-order valence-corrected chi connectivity index (χ4v) is 2.67. The molecule has 0 saturated carbocycles. The first-order chi connectivity index (χ1) is 12.1. The normalized spacial score (nSPS) is 14.0. The molecule has 1 aliphatic heterocycles. The van der Waals surface area contributed by atoms with Gasteiger partial charge in [0, 0.05) is 13.1 Å². The number of benzene rings is 2. The number of piperazine rings is 1. The van der Waals surface area contributed by atoms with Crippen LogP contribution in [-0.2, 0) is 9.59 Å². The van der Waals surface area contributed by atoms with Gasteiger partial charge in [0.25, 0.3) is 5.91 Å². The van der Waals surface area contributed by atoms with Crippen LogP contribution in [0.4, 0.5) is 11.4 Å². The average molecular weight is 339 g/mol. The van der Waals surface area contributed by atoms with Crippen molar-refractivity contribution in [3.8, 4) is 5.75 Å². The van der Waals surface area contributed by atoms with Gasteiger partial charge in [-0.05, 0) is 31.2 Å². The van der Waals surface area contributed by atoms with Crippen molar-refractivity contribution in [2.45, 2.75) is 6.92 Å². The standard InChI is InChI=1S/C19H21N3O3/c1-14-6-8-15(9-7-14)25-13-19(24)21-16-4-2-3-5-17(16)22-11-10-20-18(23)12-22/h2-9H,10-13H2,1H3,(H,20,23)(H,21,24). The third-order valence-corrected chi connectivity index (χ3v) is 3.95. The summed E-state index contributed by atoms with van der Waals surface area (Å²) in [5.74, 6) is 0.395. The molecule has 2 aromatic carbocycles. The van der Waals surface area contributed by atoms with Crippen molar-refractivity contribution in [2.24, 2.45) is 0 Å². The number of carbonyl (C=O) groups is 2. The zero-order valence-corrected chi connectivity index (χ0v) is 14.1. The van der Waals surface area contributed by atoms with E-state index in [1.165, 1.54) is 0 Å². The summed E-state index contributed by atoms with van der Waals surface area (Å²) in [6.07, 6.45) is 0. The predicted octanol–water partition coefficient (Wildman–Crippen LogP) is 1.95. The lowest BCUT2D eigenvalue weighted by Gasteiger charge is -2.30. The molecule has 3 rings (SSSR count). The largest absolute Gasteiger partial charge is 0.484 e. The van der Waals surface area contributed by atoms with Gasteiger partial charge in [0.1, 0.15) is 5.75 Å². The Morgan fingerprint density at radius 2 is 1.96 bits per heavy atom. The molecule has 0 atom stereocenters. The molecule has 1 heterocycles. The Hall–Kier alpha value is -3.02. The molecule has 2 amide bonds. The summed E-state index contributed by atoms with van der Waals surface area (Å²) >= 11 is 0. The van der Waals surface area contributed by atoms with Crippen LogP contribution in [0.25, 0.3) is 0 Å². The van der Waals surface area contributed by atoms with E-state index >= 15 is 0 Å². The number of para-hydroxylation sites is 2. The summed E-state index contributed by atoms with van der Waals surface area (Å²) in [5, 5.41) is 5.66. The fraction of sp³-hybridized carbons (Fsp3) is 0.263. The van der Waals surface area contributed by atoms with E-state index < -0.39 is 0 Å². The van der Waals surface area contributed by atoms with Gasteiger partial charge in [0.05, 0.1) is 17.9 Å². The summed E-state index contributed by atoms with van der Waals surface area (Å²) in [6.45, 7) is 3.51. The number of amides is 2. The number of nitrogens with one attached hydrogen (secondary N) is 2. The Kier molecular flexibility index (Phi) is 5.18. The van der Waals surface area contributed by atoms with Gasteiger partial charge in [-0.1, -0.05) is 29.8 Å². The van der Waals surface area contributed by atoms with Crippen LogP contribution >= 0.6 is 0 Å². The number of anilines is 2. The molecule has 0 aromatic heterocycles. The summed E-state index contributed by atoms with van der Waals surface area (Å²) in [7, 11) is 0. The van der Waals surface area contributed by atoms with Gasteiger partial charge < -0.3 is 20.3 Å². The SMILES string of the molecule is Cc1ccc(OCC(=O)Nc2ccccc2N2CCNC(=O)C2)cc1. The Bertz CT molecular complexity index is 759. The molecule has 0 radical (unpaired) electrons. The number of hydrogen-bond donors (Lipinski definition) is 2. The van der Waals surface area contributed by atoms with Gasteiger partial charge in [-0.15, -0.1) is 0 Å². The third-order valence-electron chi connectivity index (χ3n) is 3.95. The third kappa shape index (κ3) is 4.50. The Morgan fingerprint density at radius 3 is 2.72 bits per heavy atom. The number of rotatable bonds is 5. The lowest BCUT2D eigenvalue weighted by atomic mass is 10.2. The topological polar surface area (TPSA) is 70.7 Å². The summed E-state index contributed by atoms with van der Waals surface area (Å²) in [5.41, 5.74) is 2.65. The van der Waals surface area contributed by atoms with Gasteiger partial charge in [0.2, 0.25) is 5.91 Å². The monoisotopic (exact) mass is 339 g/mol. The molecule has 1 fully saturated rings. The number of nitrogens with zero attached hydrogens (tertiary/aromatic N) is 1. The molecule has 0 aliphatic carbocycles. The first-order valence-electron chi connectivity index (χ1n) is 8.22. The van der Waals surface area contributed by atoms with Crippen molar-refractivity contribution in [3.63, 3.8) is 0 Å². The maximum absolute atomic E-state index is 12.2. The van der Waals surface area contributed by atoms with Gasteiger partial charge in [-0.2, -0.15) is 0 Å². The number of hydrogen-bond acceptors (Lipinski definition) is 4. The number of carbonyl (C=O) groups excluding carboxylic acids is 2. The molecule has 130 valence electrons. The van der Waals surface area contributed by atoms with E-state index in [4.69, 9.17) is 4.74 Å². The van der Waals surface area contributed by atoms with Crippen LogP contribution in [-0.4, -0.2) is 38.1 Å². The van der Waals surface area contributed by atoms with Crippen LogP contribution in [0.5, 0.6) is 5.75 Å². The van der Waals surface area contributed by atoms with E-state index in [1.807, 2.05) is 60.4 Å². The second-order valence-corrected chi connectivity index (χ2v) is 5.94. The smallest absolute Gasteiger partial charge is 0.262 e. The second-order valence-electron chi connectivity index (χ2n) is 5.94. The van der Waals surface area contributed by atoms with E-state index in [2.05, 4.69) is 10.6 Å². The van der Waals surface area contributed by atoms with E-state index in [-0.39, 0.29) is 25.0 Å². The molecule has 25 heavy (non-hydrogen) atoms. The van der Waals surface area contributed by atoms with Gasteiger partial charge in [0.15, 0.2) is 6.61 Å². The molecule has 0 bridgehead atoms. The molecule has 2 aromatic rings. The van der Waals surface area contributed by atoms with Crippen LogP contribution < -0.4 is 20.3 Å². The van der Waals surface area contributed by atoms with Gasteiger partial charge >= 0.3 is 0 Å². The zero-order valence-electron chi connectivity index (χ0n) is 14.1. The van der Waals surface area contributed by atoms with Gasteiger partial charge in [-0.25, -0.2) is 0 Å². The minimum atomic E-state index is -0.241. The van der Waals surface area contributed by atoms with Crippen molar-refractivity contribution >= 4 is 23.2 Å². The molecular formula is C19H21N3O3. The fourth-order valence-electron chi connectivity index (χ4n) is 2.67. The summed E-state index contributed by atoms with van der Waals surface area (Å²) < 4.78 is 5.51. The van der Waals surface area contributed by atoms with E-state index in [1.54, 1.807) is 0 Å². The van der Waals surface area contributed by atoms with Crippen molar-refractivity contribution in [3.05, 3.63) is 54.1 Å². The molecular weight excluding hydrogens is 318 g/mol. The molecule has 1 aliphatic rings. The molecule has 1 saturated heterocycles. The quantitative estimate of drug-likeness (QED) is 0.873. The van der Waals surface area contributed by atoms with Crippen molar-refractivity contribution in [1.82, 2.24) is 5.32 Å². The molecule has 2 N–H and O–H groups in total. The summed E-state index contributed by atoms with van der Waals surface area (Å²) in [4.78, 5) is 25.8. The summed E-state index contributed by atoms with van der Waals surface area (Å²) in [6, 6.07) is 15.0. The lowest BCUT2D eigenvalue weighted by molar-refractivity contribution is -0.120. The first kappa shape index (κ1) is 16.8. The maximum atomic E-state index is 12.2. The van der Waals surface area contributed by atoms with E-state index in [0.717, 1.165) is 11.3 Å². The second kappa shape index (κ2) is 7.70. The minimum Gasteiger partial charge on any atom is -0.484 e. The lowest BCUT2D eigenvalue weighted by Crippen LogP contribution is -2.48. The van der Waals surface area contributed by atoms with Crippen molar-refractivity contribution in [1.29, 1.82) is 0 Å². The molecule has 0 spiro atoms. The van der Waals surface area contributed by atoms with Crippen LogP contribution in [0.15, 0.2) is 48.5 Å². The van der Waals surface area contributed by atoms with E-state index in [9.17, 15) is 9.59 Å². The first-order valence-corrected chi connectivity index (χ1v) is 8.22. The van der Waals surface area contributed by atoms with Crippen LogP contribution in [0.3, 0.4) is 0 Å². The maximum Gasteiger partial charge on any atom is 0.262 e. The predicted molar refractivity (Wildman–Crippen MR) is 97.0 cm³/mol. The molecule has 6 heteroatoms. The minimum absolute atomic E-state index is 0.0184. The average Bonchev–Trinajstić information content (AvgIpc) is 2.62. The zero-order chi connectivity index (χ0) is 17.6.